The Bertz CT molecular complexity index is 199. The summed E-state index contributed by atoms with van der Waals surface area (Å²) in [5, 5.41) is 3.45. The molecule has 1 heterocycles. The first-order chi connectivity index (χ1) is 9.38. The first kappa shape index (κ1) is 16.9. The van der Waals surface area contributed by atoms with Crippen LogP contribution in [0, 0.1) is 0 Å². The summed E-state index contributed by atoms with van der Waals surface area (Å²) in [4.78, 5) is 2.62. The maximum atomic E-state index is 5.60. The molecule has 1 rings (SSSR count). The van der Waals surface area contributed by atoms with E-state index in [2.05, 4.69) is 24.1 Å². The standard InChI is InChI=1S/C16H34N2O/c1-3-5-6-7-8-9-10-11-18-12-13-19-15-16(18)14-17-4-2/h16-17H,3-15H2,1-2H3. The lowest BCUT2D eigenvalue weighted by atomic mass is 10.1. The van der Waals surface area contributed by atoms with Crippen LogP contribution in [0.15, 0.2) is 0 Å². The maximum absolute atomic E-state index is 5.60. The molecule has 0 amide bonds. The van der Waals surface area contributed by atoms with Gasteiger partial charge in [0.25, 0.3) is 0 Å². The van der Waals surface area contributed by atoms with Gasteiger partial charge in [0.05, 0.1) is 13.2 Å². The monoisotopic (exact) mass is 270 g/mol. The van der Waals surface area contributed by atoms with E-state index in [4.69, 9.17) is 4.74 Å². The van der Waals surface area contributed by atoms with E-state index in [0.717, 1.165) is 32.8 Å². The number of morpholine rings is 1. The number of likely N-dealkylation sites (N-methyl/N-ethyl adjacent to an activating group) is 1. The fourth-order valence-corrected chi connectivity index (χ4v) is 2.75. The Labute approximate surface area is 120 Å². The van der Waals surface area contributed by atoms with Gasteiger partial charge in [-0.25, -0.2) is 0 Å². The van der Waals surface area contributed by atoms with Crippen molar-refractivity contribution in [2.45, 2.75) is 64.8 Å². The number of hydrogen-bond donors (Lipinski definition) is 1. The van der Waals surface area contributed by atoms with E-state index in [9.17, 15) is 0 Å². The minimum atomic E-state index is 0.591. The first-order valence-corrected chi connectivity index (χ1v) is 8.41. The van der Waals surface area contributed by atoms with Crippen LogP contribution >= 0.6 is 0 Å². The summed E-state index contributed by atoms with van der Waals surface area (Å²) in [6.45, 7) is 10.8. The van der Waals surface area contributed by atoms with E-state index in [1.807, 2.05) is 0 Å². The molecule has 1 atom stereocenters. The molecule has 1 saturated heterocycles. The van der Waals surface area contributed by atoms with Gasteiger partial charge in [0.15, 0.2) is 0 Å². The summed E-state index contributed by atoms with van der Waals surface area (Å²) in [5.74, 6) is 0. The molecule has 1 N–H and O–H groups in total. The molecule has 0 radical (unpaired) electrons. The van der Waals surface area contributed by atoms with Gasteiger partial charge in [-0.15, -0.1) is 0 Å². The Morgan fingerprint density at radius 2 is 1.79 bits per heavy atom. The second-order valence-electron chi connectivity index (χ2n) is 5.69. The third-order valence-electron chi connectivity index (χ3n) is 4.03. The fraction of sp³-hybridized carbons (Fsp3) is 1.00. The van der Waals surface area contributed by atoms with E-state index < -0.39 is 0 Å². The predicted octanol–water partition coefficient (Wildman–Crippen LogP) is 3.05. The largest absolute Gasteiger partial charge is 0.378 e. The zero-order chi connectivity index (χ0) is 13.8. The molecule has 0 spiro atoms. The highest BCUT2D eigenvalue weighted by molar-refractivity contribution is 4.77. The molecule has 0 aromatic carbocycles. The molecular weight excluding hydrogens is 236 g/mol. The highest BCUT2D eigenvalue weighted by Gasteiger charge is 2.21. The average molecular weight is 270 g/mol. The van der Waals surface area contributed by atoms with Crippen molar-refractivity contribution in [1.82, 2.24) is 10.2 Å². The maximum Gasteiger partial charge on any atom is 0.0634 e. The van der Waals surface area contributed by atoms with Gasteiger partial charge in [-0.1, -0.05) is 52.4 Å². The van der Waals surface area contributed by atoms with Crippen molar-refractivity contribution in [2.24, 2.45) is 0 Å². The van der Waals surface area contributed by atoms with Crippen LogP contribution in [-0.4, -0.2) is 50.3 Å². The summed E-state index contributed by atoms with van der Waals surface area (Å²) in [7, 11) is 0. The third-order valence-corrected chi connectivity index (χ3v) is 4.03. The lowest BCUT2D eigenvalue weighted by molar-refractivity contribution is -0.00725. The van der Waals surface area contributed by atoms with Crippen molar-refractivity contribution >= 4 is 0 Å². The Morgan fingerprint density at radius 1 is 1.05 bits per heavy atom. The Morgan fingerprint density at radius 3 is 2.53 bits per heavy atom. The molecule has 0 aliphatic carbocycles. The van der Waals surface area contributed by atoms with E-state index in [0.29, 0.717) is 6.04 Å². The second-order valence-corrected chi connectivity index (χ2v) is 5.69. The van der Waals surface area contributed by atoms with Crippen molar-refractivity contribution < 1.29 is 4.74 Å². The molecule has 19 heavy (non-hydrogen) atoms. The molecule has 0 aromatic heterocycles. The zero-order valence-corrected chi connectivity index (χ0v) is 13.1. The lowest BCUT2D eigenvalue weighted by Crippen LogP contribution is -2.50. The third kappa shape index (κ3) is 7.91. The van der Waals surface area contributed by atoms with E-state index >= 15 is 0 Å². The summed E-state index contributed by atoms with van der Waals surface area (Å²) in [6, 6.07) is 0.591. The Kier molecular flexibility index (Phi) is 10.4. The zero-order valence-electron chi connectivity index (χ0n) is 13.1. The van der Waals surface area contributed by atoms with Crippen molar-refractivity contribution in [3.05, 3.63) is 0 Å². The molecule has 3 nitrogen and oxygen atoms in total. The first-order valence-electron chi connectivity index (χ1n) is 8.41. The molecule has 1 fully saturated rings. The quantitative estimate of drug-likeness (QED) is 0.584. The fourth-order valence-electron chi connectivity index (χ4n) is 2.75. The highest BCUT2D eigenvalue weighted by atomic mass is 16.5. The Hall–Kier alpha value is -0.120. The minimum absolute atomic E-state index is 0.591. The smallest absolute Gasteiger partial charge is 0.0634 e. The van der Waals surface area contributed by atoms with Crippen LogP contribution in [-0.2, 0) is 4.74 Å². The minimum Gasteiger partial charge on any atom is -0.378 e. The average Bonchev–Trinajstić information content (AvgIpc) is 2.45. The van der Waals surface area contributed by atoms with Crippen LogP contribution in [0.5, 0.6) is 0 Å². The van der Waals surface area contributed by atoms with Crippen molar-refractivity contribution in [2.75, 3.05) is 39.4 Å². The Balaban J connectivity index is 2.04. The summed E-state index contributed by atoms with van der Waals surface area (Å²) < 4.78 is 5.60. The lowest BCUT2D eigenvalue weighted by Gasteiger charge is -2.35. The summed E-state index contributed by atoms with van der Waals surface area (Å²) >= 11 is 0. The number of rotatable bonds is 11. The van der Waals surface area contributed by atoms with Gasteiger partial charge in [0.2, 0.25) is 0 Å². The number of nitrogens with one attached hydrogen (secondary N) is 1. The summed E-state index contributed by atoms with van der Waals surface area (Å²) in [6.07, 6.45) is 9.79. The van der Waals surface area contributed by atoms with Gasteiger partial charge in [-0.2, -0.15) is 0 Å². The molecule has 114 valence electrons. The van der Waals surface area contributed by atoms with Gasteiger partial charge < -0.3 is 10.1 Å². The molecule has 0 bridgehead atoms. The second kappa shape index (κ2) is 11.7. The topological polar surface area (TPSA) is 24.5 Å². The van der Waals surface area contributed by atoms with E-state index in [1.165, 1.54) is 51.5 Å². The number of ether oxygens (including phenoxy) is 1. The predicted molar refractivity (Wildman–Crippen MR) is 82.7 cm³/mol. The molecule has 1 aliphatic heterocycles. The molecule has 1 unspecified atom stereocenters. The van der Waals surface area contributed by atoms with Gasteiger partial charge in [0.1, 0.15) is 0 Å². The molecule has 3 heteroatoms. The summed E-state index contributed by atoms with van der Waals surface area (Å²) in [5.41, 5.74) is 0. The van der Waals surface area contributed by atoms with Crippen molar-refractivity contribution in [1.29, 1.82) is 0 Å². The van der Waals surface area contributed by atoms with Crippen LogP contribution in [0.25, 0.3) is 0 Å². The van der Waals surface area contributed by atoms with Gasteiger partial charge in [0, 0.05) is 19.1 Å². The number of hydrogen-bond acceptors (Lipinski definition) is 3. The van der Waals surface area contributed by atoms with Crippen LogP contribution in [0.4, 0.5) is 0 Å². The van der Waals surface area contributed by atoms with Gasteiger partial charge >= 0.3 is 0 Å². The normalized spacial score (nSPS) is 20.8. The molecule has 1 aliphatic rings. The van der Waals surface area contributed by atoms with Gasteiger partial charge in [-0.05, 0) is 19.5 Å². The molecular formula is C16H34N2O. The molecule has 0 aromatic rings. The number of nitrogens with zero attached hydrogens (tertiary/aromatic N) is 1. The van der Waals surface area contributed by atoms with Crippen LogP contribution < -0.4 is 5.32 Å². The van der Waals surface area contributed by atoms with Crippen LogP contribution in [0.3, 0.4) is 0 Å². The van der Waals surface area contributed by atoms with Crippen molar-refractivity contribution in [3.8, 4) is 0 Å². The highest BCUT2D eigenvalue weighted by Crippen LogP contribution is 2.11. The van der Waals surface area contributed by atoms with Crippen molar-refractivity contribution in [3.63, 3.8) is 0 Å². The molecule has 0 saturated carbocycles. The van der Waals surface area contributed by atoms with Gasteiger partial charge in [-0.3, -0.25) is 4.90 Å². The van der Waals surface area contributed by atoms with Crippen LogP contribution in [0.2, 0.25) is 0 Å². The van der Waals surface area contributed by atoms with Crippen LogP contribution in [0.1, 0.15) is 58.8 Å². The van der Waals surface area contributed by atoms with E-state index in [1.54, 1.807) is 0 Å². The van der Waals surface area contributed by atoms with E-state index in [-0.39, 0.29) is 0 Å². The SMILES string of the molecule is CCCCCCCCCN1CCOCC1CNCC. The number of unbranched alkanes of at least 4 members (excludes halogenated alkanes) is 6.